The highest BCUT2D eigenvalue weighted by atomic mass is 35.5. The summed E-state index contributed by atoms with van der Waals surface area (Å²) >= 11 is 6.07. The molecule has 0 saturated heterocycles. The predicted molar refractivity (Wildman–Crippen MR) is 63.6 cm³/mol. The van der Waals surface area contributed by atoms with Gasteiger partial charge in [0.1, 0.15) is 11.9 Å². The van der Waals surface area contributed by atoms with Crippen LogP contribution >= 0.6 is 11.6 Å². The summed E-state index contributed by atoms with van der Waals surface area (Å²) in [6, 6.07) is 5.71. The summed E-state index contributed by atoms with van der Waals surface area (Å²) < 4.78 is 5.66. The second-order valence-corrected chi connectivity index (χ2v) is 4.95. The van der Waals surface area contributed by atoms with Gasteiger partial charge in [-0.3, -0.25) is 0 Å². The summed E-state index contributed by atoms with van der Waals surface area (Å²) in [5.74, 6) is 1.02. The number of halogens is 1. The summed E-state index contributed by atoms with van der Waals surface area (Å²) in [6.07, 6.45) is 1.71. The Balaban J connectivity index is 2.14. The van der Waals surface area contributed by atoms with Gasteiger partial charge in [-0.05, 0) is 43.4 Å². The molecule has 2 aromatic rings. The Labute approximate surface area is 98.8 Å². The molecule has 1 aliphatic rings. The van der Waals surface area contributed by atoms with E-state index in [1.165, 1.54) is 0 Å². The molecule has 1 aromatic carbocycles. The van der Waals surface area contributed by atoms with Crippen molar-refractivity contribution in [3.63, 3.8) is 0 Å². The first-order chi connectivity index (χ1) is 7.66. The van der Waals surface area contributed by atoms with Gasteiger partial charge < -0.3 is 9.52 Å². The van der Waals surface area contributed by atoms with Gasteiger partial charge >= 0.3 is 0 Å². The van der Waals surface area contributed by atoms with E-state index in [0.717, 1.165) is 23.8 Å². The van der Waals surface area contributed by atoms with Crippen LogP contribution in [0.2, 0.25) is 5.02 Å². The van der Waals surface area contributed by atoms with E-state index < -0.39 is 6.10 Å². The summed E-state index contributed by atoms with van der Waals surface area (Å²) in [7, 11) is 0. The van der Waals surface area contributed by atoms with E-state index in [2.05, 4.69) is 0 Å². The fourth-order valence-corrected chi connectivity index (χ4v) is 2.24. The number of hydrogen-bond donors (Lipinski definition) is 1. The van der Waals surface area contributed by atoms with Crippen LogP contribution in [0, 0.1) is 12.8 Å². The first-order valence-corrected chi connectivity index (χ1v) is 5.91. The molecular weight excluding hydrogens is 224 g/mol. The Morgan fingerprint density at radius 3 is 2.81 bits per heavy atom. The molecule has 0 bridgehead atoms. The highest BCUT2D eigenvalue weighted by Gasteiger charge is 2.33. The lowest BCUT2D eigenvalue weighted by atomic mass is 10.1. The first kappa shape index (κ1) is 10.2. The normalized spacial score (nSPS) is 17.9. The number of aliphatic hydroxyl groups excluding tert-OH is 1. The van der Waals surface area contributed by atoms with Gasteiger partial charge in [0.2, 0.25) is 0 Å². The minimum atomic E-state index is -0.470. The summed E-state index contributed by atoms with van der Waals surface area (Å²) in [5.41, 5.74) is 1.81. The van der Waals surface area contributed by atoms with Crippen LogP contribution in [-0.4, -0.2) is 5.11 Å². The molecule has 84 valence electrons. The van der Waals surface area contributed by atoms with Gasteiger partial charge in [-0.15, -0.1) is 0 Å². The lowest BCUT2D eigenvalue weighted by Gasteiger charge is -2.03. The molecule has 1 aromatic heterocycles. The van der Waals surface area contributed by atoms with Crippen molar-refractivity contribution in [1.29, 1.82) is 0 Å². The molecule has 1 saturated carbocycles. The first-order valence-electron chi connectivity index (χ1n) is 5.53. The molecule has 1 heterocycles. The van der Waals surface area contributed by atoms with Crippen molar-refractivity contribution in [2.45, 2.75) is 25.9 Å². The van der Waals surface area contributed by atoms with Gasteiger partial charge in [0.15, 0.2) is 5.58 Å². The Morgan fingerprint density at radius 1 is 1.44 bits per heavy atom. The highest BCUT2D eigenvalue weighted by Crippen LogP contribution is 2.43. The molecule has 1 aliphatic carbocycles. The van der Waals surface area contributed by atoms with Gasteiger partial charge in [0.05, 0.1) is 5.02 Å². The van der Waals surface area contributed by atoms with Crippen molar-refractivity contribution in [3.05, 3.63) is 34.5 Å². The van der Waals surface area contributed by atoms with Crippen LogP contribution in [0.25, 0.3) is 11.0 Å². The molecular formula is C13H13ClO2. The molecule has 0 amide bonds. The van der Waals surface area contributed by atoms with Crippen LogP contribution in [0.15, 0.2) is 22.6 Å². The van der Waals surface area contributed by atoms with Crippen molar-refractivity contribution in [2.24, 2.45) is 5.92 Å². The number of benzene rings is 1. The Morgan fingerprint density at radius 2 is 2.19 bits per heavy atom. The third kappa shape index (κ3) is 1.53. The zero-order valence-electron chi connectivity index (χ0n) is 9.03. The second kappa shape index (κ2) is 3.51. The van der Waals surface area contributed by atoms with Crippen molar-refractivity contribution in [1.82, 2.24) is 0 Å². The molecule has 3 rings (SSSR count). The number of aryl methyl sites for hydroxylation is 1. The number of aliphatic hydroxyl groups is 1. The van der Waals surface area contributed by atoms with Crippen LogP contribution in [-0.2, 0) is 0 Å². The number of furan rings is 1. The third-order valence-electron chi connectivity index (χ3n) is 3.23. The quantitative estimate of drug-likeness (QED) is 0.860. The van der Waals surface area contributed by atoms with Crippen molar-refractivity contribution in [3.8, 4) is 0 Å². The molecule has 0 spiro atoms. The number of fused-ring (bicyclic) bond motifs is 1. The molecule has 2 nitrogen and oxygen atoms in total. The van der Waals surface area contributed by atoms with Crippen LogP contribution in [0.1, 0.15) is 30.3 Å². The van der Waals surface area contributed by atoms with Crippen LogP contribution in [0.3, 0.4) is 0 Å². The minimum absolute atomic E-state index is 0.375. The van der Waals surface area contributed by atoms with E-state index >= 15 is 0 Å². The summed E-state index contributed by atoms with van der Waals surface area (Å²) in [4.78, 5) is 0. The van der Waals surface area contributed by atoms with Crippen molar-refractivity contribution < 1.29 is 9.52 Å². The molecule has 1 fully saturated rings. The Kier molecular flexibility index (Phi) is 2.23. The van der Waals surface area contributed by atoms with Gasteiger partial charge in [-0.2, -0.15) is 0 Å². The van der Waals surface area contributed by atoms with Crippen LogP contribution < -0.4 is 0 Å². The SMILES string of the molecule is Cc1ccc(Cl)c2oc(C(O)C3CC3)cc12. The highest BCUT2D eigenvalue weighted by molar-refractivity contribution is 6.34. The van der Waals surface area contributed by atoms with E-state index in [1.807, 2.05) is 25.1 Å². The van der Waals surface area contributed by atoms with E-state index in [-0.39, 0.29) is 0 Å². The van der Waals surface area contributed by atoms with E-state index in [9.17, 15) is 5.11 Å². The Hall–Kier alpha value is -0.990. The zero-order valence-corrected chi connectivity index (χ0v) is 9.79. The summed E-state index contributed by atoms with van der Waals surface area (Å²) in [5, 5.41) is 11.6. The van der Waals surface area contributed by atoms with E-state index in [4.69, 9.17) is 16.0 Å². The zero-order chi connectivity index (χ0) is 11.3. The number of hydrogen-bond acceptors (Lipinski definition) is 2. The molecule has 16 heavy (non-hydrogen) atoms. The van der Waals surface area contributed by atoms with Crippen LogP contribution in [0.5, 0.6) is 0 Å². The van der Waals surface area contributed by atoms with Crippen molar-refractivity contribution in [2.75, 3.05) is 0 Å². The van der Waals surface area contributed by atoms with Gasteiger partial charge in [0.25, 0.3) is 0 Å². The monoisotopic (exact) mass is 236 g/mol. The molecule has 1 N–H and O–H groups in total. The molecule has 1 unspecified atom stereocenters. The maximum Gasteiger partial charge on any atom is 0.153 e. The smallest absolute Gasteiger partial charge is 0.153 e. The standard InChI is InChI=1S/C13H13ClO2/c1-7-2-5-10(14)13-9(7)6-11(16-13)12(15)8-3-4-8/h2,5-6,8,12,15H,3-4H2,1H3. The average Bonchev–Trinajstić information content (AvgIpc) is 3.01. The molecule has 3 heteroatoms. The predicted octanol–water partition coefficient (Wildman–Crippen LogP) is 3.84. The molecule has 1 atom stereocenters. The van der Waals surface area contributed by atoms with Gasteiger partial charge in [-0.1, -0.05) is 17.7 Å². The molecule has 0 radical (unpaired) electrons. The average molecular weight is 237 g/mol. The lowest BCUT2D eigenvalue weighted by molar-refractivity contribution is 0.129. The minimum Gasteiger partial charge on any atom is -0.457 e. The fraction of sp³-hybridized carbons (Fsp3) is 0.385. The van der Waals surface area contributed by atoms with Gasteiger partial charge in [0, 0.05) is 5.39 Å². The maximum absolute atomic E-state index is 10.0. The van der Waals surface area contributed by atoms with E-state index in [1.54, 1.807) is 0 Å². The fourth-order valence-electron chi connectivity index (χ4n) is 2.03. The maximum atomic E-state index is 10.0. The summed E-state index contributed by atoms with van der Waals surface area (Å²) in [6.45, 7) is 2.02. The largest absolute Gasteiger partial charge is 0.457 e. The molecule has 0 aliphatic heterocycles. The van der Waals surface area contributed by atoms with Crippen molar-refractivity contribution >= 4 is 22.6 Å². The van der Waals surface area contributed by atoms with E-state index in [0.29, 0.717) is 22.3 Å². The third-order valence-corrected chi connectivity index (χ3v) is 3.53. The van der Waals surface area contributed by atoms with Crippen LogP contribution in [0.4, 0.5) is 0 Å². The topological polar surface area (TPSA) is 33.4 Å². The Bertz CT molecular complexity index is 501. The van der Waals surface area contributed by atoms with Gasteiger partial charge in [-0.25, -0.2) is 0 Å². The second-order valence-electron chi connectivity index (χ2n) is 4.54. The number of rotatable bonds is 2. The lowest BCUT2D eigenvalue weighted by Crippen LogP contribution is -1.96.